The zero-order valence-corrected chi connectivity index (χ0v) is 16.4. The van der Waals surface area contributed by atoms with E-state index in [1.54, 1.807) is 0 Å². The molecule has 0 spiro atoms. The first-order valence-electron chi connectivity index (χ1n) is 7.17. The lowest BCUT2D eigenvalue weighted by Crippen LogP contribution is -2.18. The number of benzene rings is 1. The fourth-order valence-electron chi connectivity index (χ4n) is 2.13. The fourth-order valence-corrected chi connectivity index (χ4v) is 3.11. The number of furan rings is 1. The van der Waals surface area contributed by atoms with Crippen LogP contribution in [0.1, 0.15) is 23.9 Å². The van der Waals surface area contributed by atoms with Gasteiger partial charge in [0.25, 0.3) is 0 Å². The Labute approximate surface area is 164 Å². The summed E-state index contributed by atoms with van der Waals surface area (Å²) in [5.41, 5.74) is -0.117. The van der Waals surface area contributed by atoms with Crippen molar-refractivity contribution in [1.29, 1.82) is 0 Å². The molecular weight excluding hydrogens is 457 g/mol. The monoisotopic (exact) mass is 468 g/mol. The van der Waals surface area contributed by atoms with Gasteiger partial charge < -0.3 is 18.8 Å². The van der Waals surface area contributed by atoms with E-state index >= 15 is 0 Å². The minimum atomic E-state index is -2.44. The normalized spacial score (nSPS) is 13.4. The van der Waals surface area contributed by atoms with Crippen LogP contribution in [-0.2, 0) is 16.1 Å². The number of aromatic hydroxyl groups is 1. The van der Waals surface area contributed by atoms with Crippen LogP contribution in [0.25, 0.3) is 11.3 Å². The molecule has 2 rings (SSSR count). The van der Waals surface area contributed by atoms with Crippen molar-refractivity contribution >= 4 is 44.8 Å². The SMILES string of the molecule is CC(=O)Oc1c(C(Br)CCNS(=O)[O-])oc(-c2cc(Cl)ccc2F)c1O. The molecule has 0 aliphatic rings. The Morgan fingerprint density at radius 2 is 2.27 bits per heavy atom. The summed E-state index contributed by atoms with van der Waals surface area (Å²) < 4.78 is 47.9. The standard InChI is InChI=1S/C15H14BrClFNO6S/c1-7(20)24-15-12(21)13(9-6-8(17)2-3-11(9)18)25-14(15)10(16)4-5-19-26(22)23/h2-3,6,10,19,21H,4-5H2,1H3,(H,22,23)/p-1. The number of ether oxygens (including phenoxy) is 1. The predicted molar refractivity (Wildman–Crippen MR) is 95.3 cm³/mol. The fraction of sp³-hybridized carbons (Fsp3) is 0.267. The van der Waals surface area contributed by atoms with Gasteiger partial charge >= 0.3 is 5.97 Å². The van der Waals surface area contributed by atoms with E-state index in [0.29, 0.717) is 0 Å². The van der Waals surface area contributed by atoms with Crippen molar-refractivity contribution in [3.63, 3.8) is 0 Å². The second kappa shape index (κ2) is 8.96. The van der Waals surface area contributed by atoms with Crippen molar-refractivity contribution in [2.75, 3.05) is 6.54 Å². The Kier molecular flexibility index (Phi) is 7.18. The second-order valence-electron chi connectivity index (χ2n) is 5.08. The van der Waals surface area contributed by atoms with Crippen LogP contribution >= 0.6 is 27.5 Å². The van der Waals surface area contributed by atoms with Gasteiger partial charge in [-0.2, -0.15) is 0 Å². The number of nitrogens with one attached hydrogen (secondary N) is 1. The molecule has 1 aromatic carbocycles. The summed E-state index contributed by atoms with van der Waals surface area (Å²) in [5.74, 6) is -2.53. The van der Waals surface area contributed by atoms with Crippen molar-refractivity contribution < 1.29 is 32.2 Å². The van der Waals surface area contributed by atoms with E-state index in [1.165, 1.54) is 12.1 Å². The summed E-state index contributed by atoms with van der Waals surface area (Å²) in [6.45, 7) is 1.18. The summed E-state index contributed by atoms with van der Waals surface area (Å²) in [6, 6.07) is 3.68. The molecule has 0 aliphatic heterocycles. The van der Waals surface area contributed by atoms with Crippen molar-refractivity contribution in [1.82, 2.24) is 4.72 Å². The molecule has 2 N–H and O–H groups in total. The molecular formula is C15H13BrClFNO6S-. The van der Waals surface area contributed by atoms with Crippen LogP contribution in [-0.4, -0.2) is 26.4 Å². The van der Waals surface area contributed by atoms with Gasteiger partial charge in [-0.1, -0.05) is 27.5 Å². The van der Waals surface area contributed by atoms with Gasteiger partial charge in [0, 0.05) is 29.8 Å². The average Bonchev–Trinajstić information content (AvgIpc) is 2.86. The highest BCUT2D eigenvalue weighted by Gasteiger charge is 2.29. The van der Waals surface area contributed by atoms with Gasteiger partial charge in [0.15, 0.2) is 11.5 Å². The predicted octanol–water partition coefficient (Wildman–Crippen LogP) is 3.58. The molecule has 0 saturated carbocycles. The number of carbonyl (C=O) groups is 1. The van der Waals surface area contributed by atoms with E-state index in [4.69, 9.17) is 20.8 Å². The summed E-state index contributed by atoms with van der Waals surface area (Å²) >= 11 is 6.69. The molecule has 0 bridgehead atoms. The van der Waals surface area contributed by atoms with Crippen molar-refractivity contribution in [3.05, 3.63) is 34.8 Å². The van der Waals surface area contributed by atoms with E-state index in [9.17, 15) is 23.1 Å². The Bertz CT molecular complexity index is 846. The zero-order chi connectivity index (χ0) is 19.4. The molecule has 1 heterocycles. The first-order valence-corrected chi connectivity index (χ1v) is 9.53. The third-order valence-corrected chi connectivity index (χ3v) is 4.74. The van der Waals surface area contributed by atoms with Gasteiger partial charge in [-0.15, -0.1) is 0 Å². The quantitative estimate of drug-likeness (QED) is 0.364. The lowest BCUT2D eigenvalue weighted by Gasteiger charge is -2.11. The summed E-state index contributed by atoms with van der Waals surface area (Å²) in [6.07, 6.45) is 0.201. The van der Waals surface area contributed by atoms with Crippen molar-refractivity contribution in [2.45, 2.75) is 18.2 Å². The molecule has 0 radical (unpaired) electrons. The van der Waals surface area contributed by atoms with Gasteiger partial charge in [0.2, 0.25) is 11.5 Å². The Morgan fingerprint density at radius 1 is 1.58 bits per heavy atom. The van der Waals surface area contributed by atoms with E-state index in [-0.39, 0.29) is 40.8 Å². The lowest BCUT2D eigenvalue weighted by molar-refractivity contribution is -0.132. The number of hydrogen-bond acceptors (Lipinski definition) is 6. The summed E-state index contributed by atoms with van der Waals surface area (Å²) in [5, 5.41) is 10.6. The van der Waals surface area contributed by atoms with Crippen LogP contribution in [0.4, 0.5) is 4.39 Å². The molecule has 2 atom stereocenters. The van der Waals surface area contributed by atoms with E-state index in [1.807, 2.05) is 0 Å². The first kappa shape index (κ1) is 20.8. The molecule has 0 aliphatic carbocycles. The maximum Gasteiger partial charge on any atom is 0.308 e. The Hall–Kier alpha value is -1.46. The maximum atomic E-state index is 14.1. The largest absolute Gasteiger partial charge is 0.760 e. The van der Waals surface area contributed by atoms with Gasteiger partial charge in [0.05, 0.1) is 10.4 Å². The van der Waals surface area contributed by atoms with Crippen LogP contribution in [0.3, 0.4) is 0 Å². The van der Waals surface area contributed by atoms with E-state index in [0.717, 1.165) is 13.0 Å². The maximum absolute atomic E-state index is 14.1. The van der Waals surface area contributed by atoms with Gasteiger partial charge in [0.1, 0.15) is 5.82 Å². The number of carbonyl (C=O) groups excluding carboxylic acids is 1. The Morgan fingerprint density at radius 3 is 2.88 bits per heavy atom. The molecule has 0 saturated heterocycles. The highest BCUT2D eigenvalue weighted by Crippen LogP contribution is 2.48. The van der Waals surface area contributed by atoms with E-state index in [2.05, 4.69) is 20.7 Å². The molecule has 142 valence electrons. The molecule has 0 fully saturated rings. The minimum absolute atomic E-state index is 0.00515. The minimum Gasteiger partial charge on any atom is -0.760 e. The van der Waals surface area contributed by atoms with Crippen LogP contribution in [0, 0.1) is 5.82 Å². The highest BCUT2D eigenvalue weighted by molar-refractivity contribution is 9.09. The smallest absolute Gasteiger partial charge is 0.308 e. The zero-order valence-electron chi connectivity index (χ0n) is 13.3. The van der Waals surface area contributed by atoms with Crippen molar-refractivity contribution in [2.24, 2.45) is 0 Å². The lowest BCUT2D eigenvalue weighted by atomic mass is 10.1. The average molecular weight is 470 g/mol. The highest BCUT2D eigenvalue weighted by atomic mass is 79.9. The van der Waals surface area contributed by atoms with Gasteiger partial charge in [-0.25, -0.2) is 9.11 Å². The number of esters is 1. The number of hydrogen-bond donors (Lipinski definition) is 2. The number of alkyl halides is 1. The topological polar surface area (TPSA) is 112 Å². The third-order valence-electron chi connectivity index (χ3n) is 3.19. The Balaban J connectivity index is 2.45. The van der Waals surface area contributed by atoms with E-state index < -0.39 is 33.6 Å². The molecule has 2 aromatic rings. The molecule has 1 aromatic heterocycles. The van der Waals surface area contributed by atoms with Crippen LogP contribution in [0.2, 0.25) is 5.02 Å². The van der Waals surface area contributed by atoms with Crippen LogP contribution in [0.15, 0.2) is 22.6 Å². The molecule has 11 heteroatoms. The van der Waals surface area contributed by atoms with Gasteiger partial charge in [-0.05, 0) is 24.6 Å². The summed E-state index contributed by atoms with van der Waals surface area (Å²) in [7, 11) is 0. The molecule has 2 unspecified atom stereocenters. The second-order valence-corrected chi connectivity index (χ2v) is 7.38. The number of rotatable bonds is 7. The third kappa shape index (κ3) is 5.04. The first-order chi connectivity index (χ1) is 12.2. The van der Waals surface area contributed by atoms with Crippen LogP contribution in [0.5, 0.6) is 11.5 Å². The van der Waals surface area contributed by atoms with Crippen molar-refractivity contribution in [3.8, 4) is 22.8 Å². The van der Waals surface area contributed by atoms with Gasteiger partial charge in [-0.3, -0.25) is 9.00 Å². The molecule has 0 amide bonds. The molecule has 7 nitrogen and oxygen atoms in total. The van der Waals surface area contributed by atoms with Crippen LogP contribution < -0.4 is 9.46 Å². The summed E-state index contributed by atoms with van der Waals surface area (Å²) in [4.78, 5) is 10.7. The number of halogens is 3. The molecule has 26 heavy (non-hydrogen) atoms.